The SMILES string of the molecule is CCCc1cc(C)cc(C(F)(F)F)c1.COCCN(C)Cc1cc(C(F)(F)F)cc(C)c1OC.COCCN(C)Cc1cc(C)cc(C(F)(F)F)c1.COc1c(C)cc(C(F)(F)F)cc1CCCC(C)C.Cc1cc(CCC2CC2)cc(C(F)(F)F)c1.Cc1cc(CN(C)C)cc(C(F)(F)F)c1.Cc1cc(CO)c(Cl)c(C(F)(F)F)c1. The molecule has 0 spiro atoms. The lowest BCUT2D eigenvalue weighted by molar-refractivity contribution is -0.138. The summed E-state index contributed by atoms with van der Waals surface area (Å²) in [6.07, 6.45) is -21.8. The van der Waals surface area contributed by atoms with Crippen molar-refractivity contribution in [2.75, 3.05) is 82.9 Å². The van der Waals surface area contributed by atoms with Crippen molar-refractivity contribution in [1.82, 2.24) is 14.7 Å². The van der Waals surface area contributed by atoms with Gasteiger partial charge in [0.1, 0.15) is 11.5 Å². The summed E-state index contributed by atoms with van der Waals surface area (Å²) in [5.74, 6) is 2.40. The zero-order valence-electron chi connectivity index (χ0n) is 68.8. The highest BCUT2D eigenvalue weighted by molar-refractivity contribution is 6.32. The number of hydrogen-bond donors (Lipinski definition) is 1. The zero-order valence-corrected chi connectivity index (χ0v) is 69.6. The first-order valence-electron chi connectivity index (χ1n) is 37.1. The maximum absolute atomic E-state index is 12.8. The van der Waals surface area contributed by atoms with Gasteiger partial charge in [-0.3, -0.25) is 9.80 Å². The van der Waals surface area contributed by atoms with Crippen molar-refractivity contribution in [2.24, 2.45) is 11.8 Å². The topological polar surface area (TPSA) is 66.9 Å². The van der Waals surface area contributed by atoms with Gasteiger partial charge in [0.05, 0.1) is 78.0 Å². The Morgan fingerprint density at radius 2 is 0.750 bits per heavy atom. The van der Waals surface area contributed by atoms with E-state index in [4.69, 9.17) is 35.7 Å². The largest absolute Gasteiger partial charge is 0.496 e. The molecule has 1 N–H and O–H groups in total. The summed E-state index contributed by atoms with van der Waals surface area (Å²) in [5, 5.41) is 8.36. The Bertz CT molecular complexity index is 4110. The highest BCUT2D eigenvalue weighted by Gasteiger charge is 2.38. The predicted molar refractivity (Wildman–Crippen MR) is 414 cm³/mol. The molecule has 0 atom stereocenters. The van der Waals surface area contributed by atoms with Crippen LogP contribution in [0.1, 0.15) is 176 Å². The van der Waals surface area contributed by atoms with Crippen LogP contribution in [0.5, 0.6) is 11.5 Å². The summed E-state index contributed by atoms with van der Waals surface area (Å²) in [6, 6.07) is 23.9. The molecule has 0 heterocycles. The molecule has 1 fully saturated rings. The predicted octanol–water partition coefficient (Wildman–Crippen LogP) is 25.8. The van der Waals surface area contributed by atoms with E-state index in [0.717, 1.165) is 73.4 Å². The van der Waals surface area contributed by atoms with Crippen molar-refractivity contribution in [3.63, 3.8) is 0 Å². The van der Waals surface area contributed by atoms with E-state index < -0.39 is 93.8 Å². The van der Waals surface area contributed by atoms with Gasteiger partial charge in [-0.1, -0.05) is 116 Å². The number of aliphatic hydroxyl groups is 1. The van der Waals surface area contributed by atoms with Gasteiger partial charge >= 0.3 is 43.2 Å². The number of benzene rings is 7. The minimum atomic E-state index is -4.48. The lowest BCUT2D eigenvalue weighted by atomic mass is 9.98. The molecule has 0 saturated heterocycles. The Morgan fingerprint density at radius 1 is 0.405 bits per heavy atom. The summed E-state index contributed by atoms with van der Waals surface area (Å²) < 4.78 is 285. The standard InChI is InChI=1S/C15H21F3O.C14H20F3NO2.C13H18F3NO.C13H15F3.C11H14F3N.C11H13F3.C9H8ClF3O/c1-10(2)6-5-7-12-9-13(15(16,17)18)8-11(3)14(12)19-4;1-10-7-12(14(15,16)17)8-11(13(10)20-4)9-18(2)5-6-19-3;1-10-6-11(9-17(2)4-5-18-3)8-12(7-10)13(14,15)16;1-9-6-11(5-4-10-2-3-10)8-12(7-9)13(14,15)16;1-8-4-9(7-15(2)3)6-10(5-8)11(12,13)14;1-3-4-9-5-8(2)6-10(7-9)11(12,13)14;1-5-2-6(4-14)8(10)7(3-5)9(11,12)13/h8-10H,5-7H2,1-4H3;7-8H,5-6,9H2,1-4H3;6-8H,4-5,9H2,1-3H3;6-8,10H,2-5H2,1H3;4-6H,7H2,1-3H3;5-7H,3-4H2,1-2H3;2-3,14H,4H2,1H3. The van der Waals surface area contributed by atoms with Gasteiger partial charge in [0.15, 0.2) is 0 Å². The smallest absolute Gasteiger partial charge is 0.417 e. The van der Waals surface area contributed by atoms with Crippen molar-refractivity contribution >= 4 is 11.6 Å². The molecule has 8 nitrogen and oxygen atoms in total. The summed E-state index contributed by atoms with van der Waals surface area (Å²) in [5.41, 5.74) is 3.93. The van der Waals surface area contributed by atoms with Crippen LogP contribution >= 0.6 is 11.6 Å². The van der Waals surface area contributed by atoms with Gasteiger partial charge in [0.25, 0.3) is 0 Å². The van der Waals surface area contributed by atoms with Gasteiger partial charge in [0.2, 0.25) is 0 Å². The highest BCUT2D eigenvalue weighted by Crippen LogP contribution is 2.41. The summed E-state index contributed by atoms with van der Waals surface area (Å²) >= 11 is 5.49. The molecule has 7 aromatic carbocycles. The highest BCUT2D eigenvalue weighted by atomic mass is 35.5. The lowest BCUT2D eigenvalue weighted by Gasteiger charge is -2.20. The molecular formula is C86H109ClF21N3O5. The Balaban J connectivity index is 0.000000461. The molecule has 0 amide bonds. The maximum Gasteiger partial charge on any atom is 0.417 e. The fraction of sp³-hybridized carbons (Fsp3) is 0.512. The van der Waals surface area contributed by atoms with Gasteiger partial charge in [0, 0.05) is 52.5 Å². The van der Waals surface area contributed by atoms with Crippen LogP contribution in [0.15, 0.2) is 109 Å². The fourth-order valence-electron chi connectivity index (χ4n) is 12.0. The van der Waals surface area contributed by atoms with Crippen LogP contribution in [0, 0.1) is 60.3 Å². The average molecular weight is 1700 g/mol. The maximum atomic E-state index is 12.8. The molecule has 0 aliphatic heterocycles. The van der Waals surface area contributed by atoms with E-state index in [1.807, 2.05) is 55.9 Å². The van der Waals surface area contributed by atoms with E-state index in [1.54, 1.807) is 74.0 Å². The van der Waals surface area contributed by atoms with E-state index in [9.17, 15) is 92.2 Å². The molecule has 8 rings (SSSR count). The first-order valence-corrected chi connectivity index (χ1v) is 37.5. The molecule has 0 unspecified atom stereocenters. The second-order valence-corrected chi connectivity index (χ2v) is 29.8. The Kier molecular flexibility index (Phi) is 42.9. The van der Waals surface area contributed by atoms with Crippen molar-refractivity contribution in [2.45, 2.75) is 197 Å². The summed E-state index contributed by atoms with van der Waals surface area (Å²) in [6.45, 7) is 21.0. The number of aliphatic hydroxyl groups excluding tert-OH is 1. The van der Waals surface area contributed by atoms with Gasteiger partial charge < -0.3 is 29.0 Å². The van der Waals surface area contributed by atoms with E-state index >= 15 is 0 Å². The zero-order chi connectivity index (χ0) is 88.8. The second-order valence-electron chi connectivity index (χ2n) is 29.4. The van der Waals surface area contributed by atoms with Crippen LogP contribution in [0.4, 0.5) is 92.2 Å². The monoisotopic (exact) mass is 1700 g/mol. The number of alkyl halides is 21. The quantitative estimate of drug-likeness (QED) is 0.0601. The van der Waals surface area contributed by atoms with E-state index in [0.29, 0.717) is 137 Å². The number of ether oxygens (including phenoxy) is 4. The van der Waals surface area contributed by atoms with Crippen molar-refractivity contribution in [3.05, 3.63) is 231 Å². The Hall–Kier alpha value is -7.28. The van der Waals surface area contributed by atoms with Gasteiger partial charge in [-0.2, -0.15) is 92.2 Å². The van der Waals surface area contributed by atoms with Crippen molar-refractivity contribution in [1.29, 1.82) is 0 Å². The van der Waals surface area contributed by atoms with E-state index in [-0.39, 0.29) is 5.56 Å². The minimum absolute atomic E-state index is 0.0963. The molecule has 116 heavy (non-hydrogen) atoms. The normalized spacial score (nSPS) is 12.6. The van der Waals surface area contributed by atoms with Crippen LogP contribution in [0.3, 0.4) is 0 Å². The lowest BCUT2D eigenvalue weighted by Crippen LogP contribution is -2.23. The first-order chi connectivity index (χ1) is 53.4. The molecule has 7 aromatic rings. The van der Waals surface area contributed by atoms with Gasteiger partial charge in [-0.15, -0.1) is 0 Å². The number of hydrogen-bond acceptors (Lipinski definition) is 8. The van der Waals surface area contributed by atoms with Crippen molar-refractivity contribution in [3.8, 4) is 11.5 Å². The number of rotatable bonds is 24. The molecule has 0 bridgehead atoms. The third-order valence-electron chi connectivity index (χ3n) is 17.4. The van der Waals surface area contributed by atoms with E-state index in [2.05, 4.69) is 13.8 Å². The van der Waals surface area contributed by atoms with E-state index in [1.165, 1.54) is 94.6 Å². The number of methoxy groups -OCH3 is 4. The van der Waals surface area contributed by atoms with Crippen LogP contribution in [0.2, 0.25) is 5.02 Å². The van der Waals surface area contributed by atoms with Crippen molar-refractivity contribution < 1.29 is 116 Å². The molecule has 652 valence electrons. The summed E-state index contributed by atoms with van der Waals surface area (Å²) in [7, 11) is 13.5. The molecule has 1 saturated carbocycles. The van der Waals surface area contributed by atoms with Gasteiger partial charge in [-0.25, -0.2) is 0 Å². The number of nitrogens with zero attached hydrogens (tertiary/aromatic N) is 3. The summed E-state index contributed by atoms with van der Waals surface area (Å²) in [4.78, 5) is 5.66. The van der Waals surface area contributed by atoms with Crippen LogP contribution in [-0.4, -0.2) is 103 Å². The van der Waals surface area contributed by atoms with Gasteiger partial charge in [-0.05, 0) is 244 Å². The molecular weight excluding hydrogens is 1590 g/mol. The third kappa shape index (κ3) is 39.5. The first kappa shape index (κ1) is 105. The Labute approximate surface area is 673 Å². The average Bonchev–Trinajstić information content (AvgIpc) is 1.02. The van der Waals surface area contributed by atoms with Crippen LogP contribution < -0.4 is 9.47 Å². The molecule has 0 aromatic heterocycles. The molecule has 0 radical (unpaired) electrons. The number of likely N-dealkylation sites (N-methyl/N-ethyl adjacent to an activating group) is 2. The minimum Gasteiger partial charge on any atom is -0.496 e. The second kappa shape index (κ2) is 47.5. The number of aryl methyl sites for hydroxylation is 10. The van der Waals surface area contributed by atoms with Crippen LogP contribution in [0.25, 0.3) is 0 Å². The Morgan fingerprint density at radius 3 is 1.09 bits per heavy atom. The molecule has 1 aliphatic rings. The fourth-order valence-corrected chi connectivity index (χ4v) is 12.3. The third-order valence-corrected chi connectivity index (χ3v) is 17.9. The van der Waals surface area contributed by atoms with Crippen LogP contribution in [-0.2, 0) is 98.2 Å². The number of halogens is 22. The molecule has 30 heteroatoms. The molecule has 1 aliphatic carbocycles.